The molecule has 1 atom stereocenters. The highest BCUT2D eigenvalue weighted by Crippen LogP contribution is 2.28. The second-order valence-corrected chi connectivity index (χ2v) is 3.32. The molecule has 0 spiro atoms. The van der Waals surface area contributed by atoms with E-state index in [4.69, 9.17) is 14.6 Å². The zero-order valence-electron chi connectivity index (χ0n) is 7.87. The van der Waals surface area contributed by atoms with Crippen LogP contribution >= 0.6 is 0 Å². The van der Waals surface area contributed by atoms with Gasteiger partial charge in [0.15, 0.2) is 5.60 Å². The van der Waals surface area contributed by atoms with Crippen molar-refractivity contribution in [2.45, 2.75) is 25.4 Å². The van der Waals surface area contributed by atoms with Gasteiger partial charge in [-0.2, -0.15) is 0 Å². The van der Waals surface area contributed by atoms with Gasteiger partial charge in [0.05, 0.1) is 20.0 Å². The second kappa shape index (κ2) is 3.79. The van der Waals surface area contributed by atoms with Crippen LogP contribution in [0.2, 0.25) is 0 Å². The molecule has 1 aliphatic heterocycles. The Hall–Kier alpha value is -1.03. The zero-order valence-corrected chi connectivity index (χ0v) is 7.87. The molecular weight excluding hydrogens is 172 g/mol. The highest BCUT2D eigenvalue weighted by Gasteiger charge is 2.37. The first-order valence-electron chi connectivity index (χ1n) is 4.16. The maximum absolute atomic E-state index is 10.8. The lowest BCUT2D eigenvalue weighted by Gasteiger charge is -2.30. The van der Waals surface area contributed by atoms with Gasteiger partial charge in [0.1, 0.15) is 0 Å². The monoisotopic (exact) mass is 186 g/mol. The Morgan fingerprint density at radius 2 is 2.46 bits per heavy atom. The molecule has 4 heteroatoms. The Bertz CT molecular complexity index is 234. The minimum absolute atomic E-state index is 0.399. The van der Waals surface area contributed by atoms with E-state index in [0.29, 0.717) is 13.0 Å². The van der Waals surface area contributed by atoms with Crippen molar-refractivity contribution in [1.29, 1.82) is 0 Å². The maximum atomic E-state index is 10.8. The number of methoxy groups -OCH3 is 1. The van der Waals surface area contributed by atoms with Crippen LogP contribution in [-0.2, 0) is 14.3 Å². The first kappa shape index (κ1) is 10.1. The summed E-state index contributed by atoms with van der Waals surface area (Å²) >= 11 is 0. The third-order valence-corrected chi connectivity index (χ3v) is 2.15. The van der Waals surface area contributed by atoms with Crippen LogP contribution in [-0.4, -0.2) is 30.4 Å². The molecule has 4 nitrogen and oxygen atoms in total. The number of carboxylic acids is 1. The highest BCUT2D eigenvalue weighted by molar-refractivity contribution is 5.77. The van der Waals surface area contributed by atoms with Crippen molar-refractivity contribution in [2.24, 2.45) is 0 Å². The largest absolute Gasteiger partial charge is 0.504 e. The average Bonchev–Trinajstić information content (AvgIpc) is 2.04. The number of ether oxygens (including phenoxy) is 2. The fraction of sp³-hybridized carbons (Fsp3) is 0.667. The number of aliphatic carboxylic acids is 1. The number of hydrogen-bond acceptors (Lipinski definition) is 3. The summed E-state index contributed by atoms with van der Waals surface area (Å²) in [5.74, 6) is -0.922. The molecule has 0 amide bonds. The molecule has 1 heterocycles. The summed E-state index contributed by atoms with van der Waals surface area (Å²) in [7, 11) is 1.56. The predicted molar refractivity (Wildman–Crippen MR) is 46.3 cm³/mol. The van der Waals surface area contributed by atoms with Crippen molar-refractivity contribution < 1.29 is 19.4 Å². The molecule has 0 saturated carbocycles. The third kappa shape index (κ3) is 2.21. The Balaban J connectivity index is 2.71. The van der Waals surface area contributed by atoms with E-state index in [9.17, 15) is 4.79 Å². The van der Waals surface area contributed by atoms with E-state index < -0.39 is 11.6 Å². The van der Waals surface area contributed by atoms with Crippen molar-refractivity contribution in [3.63, 3.8) is 0 Å². The second-order valence-electron chi connectivity index (χ2n) is 3.32. The normalized spacial score (nSPS) is 31.7. The number of carboxylic acid groups (broad SMARTS) is 1. The molecule has 0 radical (unpaired) electrons. The van der Waals surface area contributed by atoms with Crippen LogP contribution in [0.3, 0.4) is 0 Å². The molecule has 13 heavy (non-hydrogen) atoms. The molecule has 1 aliphatic rings. The van der Waals surface area contributed by atoms with Gasteiger partial charge in [0.2, 0.25) is 0 Å². The number of carbonyl (C=O) groups is 1. The van der Waals surface area contributed by atoms with Gasteiger partial charge in [-0.05, 0) is 18.9 Å². The topological polar surface area (TPSA) is 55.8 Å². The molecule has 0 aromatic heterocycles. The smallest absolute Gasteiger partial charge is 0.336 e. The van der Waals surface area contributed by atoms with Gasteiger partial charge < -0.3 is 14.6 Å². The van der Waals surface area contributed by atoms with Crippen LogP contribution in [0.5, 0.6) is 0 Å². The van der Waals surface area contributed by atoms with Crippen LogP contribution in [0.1, 0.15) is 19.8 Å². The van der Waals surface area contributed by atoms with E-state index in [-0.39, 0.29) is 0 Å². The van der Waals surface area contributed by atoms with Crippen molar-refractivity contribution in [3.05, 3.63) is 11.8 Å². The molecule has 1 saturated heterocycles. The molecular formula is C9H14O4. The van der Waals surface area contributed by atoms with E-state index in [1.54, 1.807) is 20.3 Å². The Kier molecular flexibility index (Phi) is 2.93. The van der Waals surface area contributed by atoms with Crippen LogP contribution in [0.4, 0.5) is 0 Å². The average molecular weight is 186 g/mol. The first-order chi connectivity index (χ1) is 6.08. The molecule has 0 aromatic rings. The van der Waals surface area contributed by atoms with E-state index in [1.807, 2.05) is 0 Å². The summed E-state index contributed by atoms with van der Waals surface area (Å²) in [5, 5.41) is 8.89. The minimum atomic E-state index is -1.08. The van der Waals surface area contributed by atoms with E-state index in [0.717, 1.165) is 12.0 Å². The van der Waals surface area contributed by atoms with Crippen LogP contribution in [0.15, 0.2) is 11.8 Å². The van der Waals surface area contributed by atoms with Gasteiger partial charge in [0.25, 0.3) is 0 Å². The summed E-state index contributed by atoms with van der Waals surface area (Å²) in [6.07, 6.45) is 2.75. The summed E-state index contributed by atoms with van der Waals surface area (Å²) in [5.41, 5.74) is -0.0959. The highest BCUT2D eigenvalue weighted by atomic mass is 16.5. The van der Waals surface area contributed by atoms with Gasteiger partial charge in [-0.1, -0.05) is 0 Å². The quantitative estimate of drug-likeness (QED) is 0.658. The fourth-order valence-electron chi connectivity index (χ4n) is 1.38. The fourth-order valence-corrected chi connectivity index (χ4v) is 1.38. The summed E-state index contributed by atoms with van der Waals surface area (Å²) < 4.78 is 10.1. The zero-order chi connectivity index (χ0) is 9.90. The van der Waals surface area contributed by atoms with E-state index in [2.05, 4.69) is 0 Å². The standard InChI is InChI=1S/C9H14O4/c1-9(8(10)11)5-7(6-12-2)3-4-13-9/h6H,3-5H2,1-2H3,(H,10,11). The molecule has 0 aliphatic carbocycles. The number of hydrogen-bond donors (Lipinski definition) is 1. The third-order valence-electron chi connectivity index (χ3n) is 2.15. The van der Waals surface area contributed by atoms with Crippen molar-refractivity contribution in [1.82, 2.24) is 0 Å². The Labute approximate surface area is 77.1 Å². The van der Waals surface area contributed by atoms with Crippen molar-refractivity contribution in [2.75, 3.05) is 13.7 Å². The van der Waals surface area contributed by atoms with E-state index in [1.165, 1.54) is 0 Å². The van der Waals surface area contributed by atoms with Gasteiger partial charge in [0, 0.05) is 6.42 Å². The van der Waals surface area contributed by atoms with Gasteiger partial charge >= 0.3 is 5.97 Å². The van der Waals surface area contributed by atoms with Crippen molar-refractivity contribution in [3.8, 4) is 0 Å². The molecule has 1 fully saturated rings. The van der Waals surface area contributed by atoms with Gasteiger partial charge in [-0.25, -0.2) is 4.79 Å². The maximum Gasteiger partial charge on any atom is 0.336 e. The van der Waals surface area contributed by atoms with Crippen LogP contribution < -0.4 is 0 Å². The Morgan fingerprint density at radius 3 is 3.00 bits per heavy atom. The molecule has 0 aromatic carbocycles. The van der Waals surface area contributed by atoms with Crippen LogP contribution in [0.25, 0.3) is 0 Å². The molecule has 74 valence electrons. The number of rotatable bonds is 2. The summed E-state index contributed by atoms with van der Waals surface area (Å²) in [6, 6.07) is 0. The van der Waals surface area contributed by atoms with Crippen LogP contribution in [0, 0.1) is 0 Å². The Morgan fingerprint density at radius 1 is 1.77 bits per heavy atom. The molecule has 1 rings (SSSR count). The molecule has 0 bridgehead atoms. The van der Waals surface area contributed by atoms with Crippen molar-refractivity contribution >= 4 is 5.97 Å². The van der Waals surface area contributed by atoms with Gasteiger partial charge in [-0.15, -0.1) is 0 Å². The predicted octanol–water partition coefficient (Wildman–Crippen LogP) is 1.17. The lowest BCUT2D eigenvalue weighted by Crippen LogP contribution is -2.41. The first-order valence-corrected chi connectivity index (χ1v) is 4.16. The SMILES string of the molecule is COC=C1CCOC(C)(C(=O)O)C1. The van der Waals surface area contributed by atoms with E-state index >= 15 is 0 Å². The lowest BCUT2D eigenvalue weighted by atomic mass is 9.93. The molecule has 1 N–H and O–H groups in total. The summed E-state index contributed by atoms with van der Waals surface area (Å²) in [4.78, 5) is 10.8. The molecule has 1 unspecified atom stereocenters. The summed E-state index contributed by atoms with van der Waals surface area (Å²) in [6.45, 7) is 2.02. The van der Waals surface area contributed by atoms with Gasteiger partial charge in [-0.3, -0.25) is 0 Å². The minimum Gasteiger partial charge on any atom is -0.504 e. The lowest BCUT2D eigenvalue weighted by molar-refractivity contribution is -0.166.